The number of hydrogen-bond donors (Lipinski definition) is 3. The van der Waals surface area contributed by atoms with Crippen LogP contribution in [0.4, 0.5) is 5.69 Å². The second-order valence-electron chi connectivity index (χ2n) is 3.28. The van der Waals surface area contributed by atoms with Crippen molar-refractivity contribution in [3.05, 3.63) is 17.4 Å². The fraction of sp³-hybridized carbons (Fsp3) is 0.375. The maximum absolute atomic E-state index is 8.92. The molecule has 4 nitrogen and oxygen atoms in total. The Hall–Kier alpha value is -0.775. The summed E-state index contributed by atoms with van der Waals surface area (Å²) in [5, 5.41) is 21.2. The highest BCUT2D eigenvalue weighted by Gasteiger charge is 2.14. The van der Waals surface area contributed by atoms with Crippen LogP contribution in [0.5, 0.6) is 0 Å². The Kier molecular flexibility index (Phi) is 3.74. The molecule has 0 saturated carbocycles. The number of pyridine rings is 1. The molecule has 0 spiro atoms. The number of nitrogens with one attached hydrogen (secondary N) is 1. The molecule has 0 atom stereocenters. The van der Waals surface area contributed by atoms with Gasteiger partial charge in [-0.05, 0) is 19.9 Å². The van der Waals surface area contributed by atoms with Gasteiger partial charge in [0, 0.05) is 17.7 Å². The van der Waals surface area contributed by atoms with E-state index in [0.717, 1.165) is 0 Å². The molecule has 1 rings (SSSR count). The molecule has 0 aliphatic carbocycles. The van der Waals surface area contributed by atoms with Gasteiger partial charge in [0.05, 0.1) is 5.69 Å². The Morgan fingerprint density at radius 3 is 2.64 bits per heavy atom. The van der Waals surface area contributed by atoms with E-state index in [2.05, 4.69) is 10.3 Å². The predicted octanol–water partition coefficient (Wildman–Crippen LogP) is 0.235. The minimum absolute atomic E-state index is 0.209. The van der Waals surface area contributed by atoms with Crippen LogP contribution in [0.15, 0.2) is 12.3 Å². The van der Waals surface area contributed by atoms with Crippen molar-refractivity contribution in [1.82, 2.24) is 4.98 Å². The van der Waals surface area contributed by atoms with Crippen LogP contribution in [-0.4, -0.2) is 28.2 Å². The number of aromatic nitrogens is 1. The third kappa shape index (κ3) is 2.87. The summed E-state index contributed by atoms with van der Waals surface area (Å²) in [7, 11) is -1.52. The Morgan fingerprint density at radius 1 is 1.50 bits per heavy atom. The molecule has 1 aromatic heterocycles. The molecule has 14 heavy (non-hydrogen) atoms. The van der Waals surface area contributed by atoms with E-state index in [9.17, 15) is 0 Å². The molecule has 0 amide bonds. The van der Waals surface area contributed by atoms with E-state index in [4.69, 9.17) is 21.6 Å². The van der Waals surface area contributed by atoms with Crippen molar-refractivity contribution < 1.29 is 10.0 Å². The van der Waals surface area contributed by atoms with Crippen LogP contribution in [0.3, 0.4) is 0 Å². The second-order valence-corrected chi connectivity index (χ2v) is 3.64. The maximum Gasteiger partial charge on any atom is 0.490 e. The third-order valence-corrected chi connectivity index (χ3v) is 1.90. The van der Waals surface area contributed by atoms with Crippen LogP contribution >= 0.6 is 11.6 Å². The van der Waals surface area contributed by atoms with Gasteiger partial charge in [0.25, 0.3) is 0 Å². The van der Waals surface area contributed by atoms with Crippen molar-refractivity contribution >= 4 is 29.9 Å². The first-order valence-corrected chi connectivity index (χ1v) is 4.66. The van der Waals surface area contributed by atoms with E-state index in [0.29, 0.717) is 16.3 Å². The largest absolute Gasteiger partial charge is 0.490 e. The topological polar surface area (TPSA) is 65.4 Å². The molecule has 6 heteroatoms. The normalized spacial score (nSPS) is 10.4. The van der Waals surface area contributed by atoms with E-state index in [1.165, 1.54) is 6.20 Å². The van der Waals surface area contributed by atoms with E-state index < -0.39 is 7.12 Å². The third-order valence-electron chi connectivity index (χ3n) is 1.60. The van der Waals surface area contributed by atoms with Gasteiger partial charge < -0.3 is 15.4 Å². The quantitative estimate of drug-likeness (QED) is 0.498. The van der Waals surface area contributed by atoms with Crippen molar-refractivity contribution in [3.8, 4) is 0 Å². The summed E-state index contributed by atoms with van der Waals surface area (Å²) < 4.78 is 0. The summed E-state index contributed by atoms with van der Waals surface area (Å²) in [6.07, 6.45) is 1.33. The molecular weight excluding hydrogens is 202 g/mol. The van der Waals surface area contributed by atoms with E-state index in [-0.39, 0.29) is 6.04 Å². The first kappa shape index (κ1) is 11.3. The predicted molar refractivity (Wildman–Crippen MR) is 57.8 cm³/mol. The van der Waals surface area contributed by atoms with E-state index in [1.54, 1.807) is 6.07 Å². The minimum Gasteiger partial charge on any atom is -0.423 e. The van der Waals surface area contributed by atoms with Gasteiger partial charge in [-0.2, -0.15) is 0 Å². The lowest BCUT2D eigenvalue weighted by molar-refractivity contribution is 0.425. The first-order chi connectivity index (χ1) is 6.50. The number of rotatable bonds is 3. The standard InChI is InChI=1S/C8H12BClN2O2/c1-5(2)12-7-3-6(9(13)14)4-11-8(7)10/h3-5,12-14H,1-2H3. The zero-order valence-electron chi connectivity index (χ0n) is 8.03. The fourth-order valence-electron chi connectivity index (χ4n) is 1.02. The highest BCUT2D eigenvalue weighted by Crippen LogP contribution is 2.17. The summed E-state index contributed by atoms with van der Waals surface area (Å²) in [4.78, 5) is 3.84. The zero-order valence-corrected chi connectivity index (χ0v) is 8.78. The molecule has 76 valence electrons. The van der Waals surface area contributed by atoms with Crippen LogP contribution < -0.4 is 10.8 Å². The zero-order chi connectivity index (χ0) is 10.7. The molecule has 0 aliphatic heterocycles. The molecule has 0 bridgehead atoms. The smallest absolute Gasteiger partial charge is 0.423 e. The van der Waals surface area contributed by atoms with Crippen molar-refractivity contribution in [2.75, 3.05) is 5.32 Å². The van der Waals surface area contributed by atoms with E-state index in [1.807, 2.05) is 13.8 Å². The van der Waals surface area contributed by atoms with Crippen LogP contribution in [0, 0.1) is 0 Å². The molecule has 1 heterocycles. The molecule has 3 N–H and O–H groups in total. The average molecular weight is 214 g/mol. The molecule has 0 fully saturated rings. The van der Waals surface area contributed by atoms with Gasteiger partial charge in [0.2, 0.25) is 0 Å². The van der Waals surface area contributed by atoms with Crippen molar-refractivity contribution in [2.24, 2.45) is 0 Å². The summed E-state index contributed by atoms with van der Waals surface area (Å²) in [6.45, 7) is 3.91. The summed E-state index contributed by atoms with van der Waals surface area (Å²) >= 11 is 5.81. The lowest BCUT2D eigenvalue weighted by Crippen LogP contribution is -2.30. The lowest BCUT2D eigenvalue weighted by atomic mass is 9.81. The number of anilines is 1. The van der Waals surface area contributed by atoms with Gasteiger partial charge in [-0.1, -0.05) is 11.6 Å². The molecule has 0 aliphatic rings. The van der Waals surface area contributed by atoms with Crippen LogP contribution in [0.25, 0.3) is 0 Å². The van der Waals surface area contributed by atoms with Crippen LogP contribution in [0.1, 0.15) is 13.8 Å². The summed E-state index contributed by atoms with van der Waals surface area (Å²) in [6, 6.07) is 1.78. The minimum atomic E-state index is -1.52. The molecule has 1 aromatic rings. The average Bonchev–Trinajstić information content (AvgIpc) is 2.07. The van der Waals surface area contributed by atoms with Gasteiger partial charge in [-0.25, -0.2) is 4.98 Å². The fourth-order valence-corrected chi connectivity index (χ4v) is 1.18. The monoisotopic (exact) mass is 214 g/mol. The van der Waals surface area contributed by atoms with E-state index >= 15 is 0 Å². The highest BCUT2D eigenvalue weighted by atomic mass is 35.5. The number of halogens is 1. The van der Waals surface area contributed by atoms with Gasteiger partial charge in [-0.3, -0.25) is 0 Å². The van der Waals surface area contributed by atoms with Crippen LogP contribution in [0.2, 0.25) is 5.15 Å². The Labute approximate surface area is 88.1 Å². The van der Waals surface area contributed by atoms with Gasteiger partial charge in [0.1, 0.15) is 0 Å². The number of hydrogen-bond acceptors (Lipinski definition) is 4. The SMILES string of the molecule is CC(C)Nc1cc(B(O)O)cnc1Cl. The Bertz CT molecular complexity index is 320. The second kappa shape index (κ2) is 4.64. The molecule has 0 radical (unpaired) electrons. The summed E-state index contributed by atoms with van der Waals surface area (Å²) in [5.41, 5.74) is 0.921. The molecule has 0 saturated heterocycles. The first-order valence-electron chi connectivity index (χ1n) is 4.29. The number of nitrogens with zero attached hydrogens (tertiary/aromatic N) is 1. The van der Waals surface area contributed by atoms with Gasteiger partial charge >= 0.3 is 7.12 Å². The van der Waals surface area contributed by atoms with Crippen molar-refractivity contribution in [2.45, 2.75) is 19.9 Å². The Balaban J connectivity index is 2.96. The molecule has 0 aromatic carbocycles. The molecular formula is C8H12BClN2O2. The Morgan fingerprint density at radius 2 is 2.14 bits per heavy atom. The van der Waals surface area contributed by atoms with Crippen molar-refractivity contribution in [3.63, 3.8) is 0 Å². The molecule has 0 unspecified atom stereocenters. The van der Waals surface area contributed by atoms with Gasteiger partial charge in [0.15, 0.2) is 5.15 Å². The maximum atomic E-state index is 8.92. The highest BCUT2D eigenvalue weighted by molar-refractivity contribution is 6.58. The summed E-state index contributed by atoms with van der Waals surface area (Å²) in [5.74, 6) is 0. The van der Waals surface area contributed by atoms with Crippen LogP contribution in [-0.2, 0) is 0 Å². The van der Waals surface area contributed by atoms with Crippen molar-refractivity contribution in [1.29, 1.82) is 0 Å². The lowest BCUT2D eigenvalue weighted by Gasteiger charge is -2.12. The van der Waals surface area contributed by atoms with Gasteiger partial charge in [-0.15, -0.1) is 0 Å².